The molecule has 0 aromatic rings. The van der Waals surface area contributed by atoms with Crippen LogP contribution in [0.25, 0.3) is 0 Å². The minimum absolute atomic E-state index is 0.0379. The van der Waals surface area contributed by atoms with Gasteiger partial charge in [-0.3, -0.25) is 9.69 Å². The lowest BCUT2D eigenvalue weighted by molar-refractivity contribution is -0.146. The maximum absolute atomic E-state index is 11.0. The average Bonchev–Trinajstić information content (AvgIpc) is 2.00. The molecule has 4 heteroatoms. The molecule has 0 aromatic carbocycles. The Hall–Kier alpha value is -0.610. The van der Waals surface area contributed by atoms with E-state index in [-0.39, 0.29) is 25.7 Å². The zero-order valence-electron chi connectivity index (χ0n) is 8.25. The van der Waals surface area contributed by atoms with E-state index in [1.165, 1.54) is 0 Å². The second-order valence-corrected chi connectivity index (χ2v) is 3.56. The fourth-order valence-corrected chi connectivity index (χ4v) is 0.583. The van der Waals surface area contributed by atoms with E-state index in [9.17, 15) is 4.79 Å². The summed E-state index contributed by atoms with van der Waals surface area (Å²) in [7, 11) is 3.55. The zero-order valence-corrected chi connectivity index (χ0v) is 8.25. The van der Waals surface area contributed by atoms with Gasteiger partial charge in [0.1, 0.15) is 0 Å². The van der Waals surface area contributed by atoms with Crippen LogP contribution in [0, 0.1) is 19.3 Å². The van der Waals surface area contributed by atoms with E-state index in [4.69, 9.17) is 9.84 Å². The van der Waals surface area contributed by atoms with Crippen LogP contribution in [0.4, 0.5) is 0 Å². The lowest BCUT2D eigenvalue weighted by atomic mass is 9.97. The van der Waals surface area contributed by atoms with Gasteiger partial charge in [-0.1, -0.05) is 0 Å². The van der Waals surface area contributed by atoms with Crippen LogP contribution in [-0.2, 0) is 9.53 Å². The second kappa shape index (κ2) is 5.19. The topological polar surface area (TPSA) is 49.8 Å². The van der Waals surface area contributed by atoms with Crippen molar-refractivity contribution in [1.82, 2.24) is 4.90 Å². The number of hydrogen-bond acceptors (Lipinski definition) is 4. The number of aliphatic hydroxyl groups is 1. The summed E-state index contributed by atoms with van der Waals surface area (Å²) in [5.41, 5.74) is -0.845. The molecule has 13 heavy (non-hydrogen) atoms. The molecule has 0 rings (SSSR count). The van der Waals surface area contributed by atoms with Crippen molar-refractivity contribution in [3.05, 3.63) is 13.8 Å². The molecule has 0 fully saturated rings. The van der Waals surface area contributed by atoms with Crippen LogP contribution in [0.1, 0.15) is 0 Å². The molecule has 0 amide bonds. The molecule has 0 aliphatic carbocycles. The van der Waals surface area contributed by atoms with Crippen LogP contribution < -0.4 is 0 Å². The molecule has 0 saturated carbocycles. The summed E-state index contributed by atoms with van der Waals surface area (Å²) in [6.45, 7) is 7.23. The van der Waals surface area contributed by atoms with Crippen LogP contribution in [0.2, 0.25) is 0 Å². The molecule has 0 unspecified atom stereocenters. The third-order valence-electron chi connectivity index (χ3n) is 1.32. The first-order valence-electron chi connectivity index (χ1n) is 3.99. The number of rotatable bonds is 5. The largest absolute Gasteiger partial charge is 0.464 e. The molecule has 0 aliphatic rings. The summed E-state index contributed by atoms with van der Waals surface area (Å²) >= 11 is 0. The van der Waals surface area contributed by atoms with Gasteiger partial charge in [-0.2, -0.15) is 0 Å². The van der Waals surface area contributed by atoms with E-state index in [1.54, 1.807) is 19.0 Å². The molecular formula is C9H17NO3. The van der Waals surface area contributed by atoms with Crippen molar-refractivity contribution in [2.45, 2.75) is 0 Å². The lowest BCUT2D eigenvalue weighted by Gasteiger charge is -2.21. The second-order valence-electron chi connectivity index (χ2n) is 3.56. The fraction of sp³-hybridized carbons (Fsp3) is 0.667. The van der Waals surface area contributed by atoms with Crippen molar-refractivity contribution in [2.75, 3.05) is 33.9 Å². The highest BCUT2D eigenvalue weighted by Crippen LogP contribution is 2.12. The number of likely N-dealkylation sites (N-methyl/N-ethyl adjacent to an activating group) is 1. The number of nitrogens with zero attached hydrogens (tertiary/aromatic N) is 1. The normalized spacial score (nSPS) is 11.8. The molecule has 0 spiro atoms. The Labute approximate surface area is 79.5 Å². The number of esters is 1. The minimum atomic E-state index is -0.845. The number of carbonyl (C=O) groups is 1. The van der Waals surface area contributed by atoms with Gasteiger partial charge in [0, 0.05) is 5.41 Å². The first-order chi connectivity index (χ1) is 5.87. The number of aliphatic hydroxyl groups excluding tert-OH is 1. The predicted molar refractivity (Wildman–Crippen MR) is 49.7 cm³/mol. The molecular weight excluding hydrogens is 170 g/mol. The molecule has 0 heterocycles. The Morgan fingerprint density at radius 2 is 2.08 bits per heavy atom. The van der Waals surface area contributed by atoms with Crippen molar-refractivity contribution in [2.24, 2.45) is 5.41 Å². The monoisotopic (exact) mass is 187 g/mol. The van der Waals surface area contributed by atoms with E-state index >= 15 is 0 Å². The van der Waals surface area contributed by atoms with Gasteiger partial charge in [-0.25, -0.2) is 0 Å². The first kappa shape index (κ1) is 12.4. The van der Waals surface area contributed by atoms with Gasteiger partial charge >= 0.3 is 5.97 Å². The van der Waals surface area contributed by atoms with E-state index in [2.05, 4.69) is 13.8 Å². The number of ether oxygens (including phenoxy) is 1. The summed E-state index contributed by atoms with van der Waals surface area (Å²) in [6, 6.07) is 0. The van der Waals surface area contributed by atoms with Gasteiger partial charge in [0.2, 0.25) is 0 Å². The summed E-state index contributed by atoms with van der Waals surface area (Å²) < 4.78 is 4.84. The smallest absolute Gasteiger partial charge is 0.320 e. The molecule has 1 N–H and O–H groups in total. The molecule has 2 radical (unpaired) electrons. The van der Waals surface area contributed by atoms with Crippen LogP contribution in [0.15, 0.2) is 0 Å². The highest BCUT2D eigenvalue weighted by molar-refractivity contribution is 5.71. The minimum Gasteiger partial charge on any atom is -0.464 e. The highest BCUT2D eigenvalue weighted by atomic mass is 16.5. The Bertz CT molecular complexity index is 166. The Balaban J connectivity index is 3.70. The lowest BCUT2D eigenvalue weighted by Crippen LogP contribution is -2.30. The molecule has 0 atom stereocenters. The standard InChI is InChI=1S/C9H17NO3/c1-9(2,6-11)7-13-8(12)5-10(3)4/h11H,1-2,5-7H2,3-4H3. The predicted octanol–water partition coefficient (Wildman–Crippen LogP) is -0.262. The van der Waals surface area contributed by atoms with Gasteiger partial charge in [0.15, 0.2) is 0 Å². The van der Waals surface area contributed by atoms with Crippen molar-refractivity contribution < 1.29 is 14.6 Å². The highest BCUT2D eigenvalue weighted by Gasteiger charge is 2.19. The Morgan fingerprint density at radius 1 is 1.54 bits per heavy atom. The van der Waals surface area contributed by atoms with E-state index < -0.39 is 5.41 Å². The number of hydrogen-bond donors (Lipinski definition) is 1. The third-order valence-corrected chi connectivity index (χ3v) is 1.32. The van der Waals surface area contributed by atoms with Gasteiger partial charge < -0.3 is 9.84 Å². The van der Waals surface area contributed by atoms with Crippen molar-refractivity contribution >= 4 is 5.97 Å². The van der Waals surface area contributed by atoms with Crippen LogP contribution in [-0.4, -0.2) is 49.8 Å². The molecule has 76 valence electrons. The fourth-order valence-electron chi connectivity index (χ4n) is 0.583. The molecule has 0 aliphatic heterocycles. The van der Waals surface area contributed by atoms with Crippen molar-refractivity contribution in [3.8, 4) is 0 Å². The maximum atomic E-state index is 11.0. The van der Waals surface area contributed by atoms with Crippen molar-refractivity contribution in [1.29, 1.82) is 0 Å². The van der Waals surface area contributed by atoms with E-state index in [0.717, 1.165) is 0 Å². The molecule has 0 aromatic heterocycles. The van der Waals surface area contributed by atoms with E-state index in [0.29, 0.717) is 0 Å². The first-order valence-corrected chi connectivity index (χ1v) is 3.99. The van der Waals surface area contributed by atoms with Gasteiger partial charge in [-0.05, 0) is 27.9 Å². The van der Waals surface area contributed by atoms with Gasteiger partial charge in [0.25, 0.3) is 0 Å². The van der Waals surface area contributed by atoms with Crippen LogP contribution in [0.3, 0.4) is 0 Å². The number of carbonyl (C=O) groups excluding carboxylic acids is 1. The SMILES string of the molecule is [CH2]C([CH2])(CO)COC(=O)CN(C)C. The Morgan fingerprint density at radius 3 is 2.46 bits per heavy atom. The van der Waals surface area contributed by atoms with E-state index in [1.807, 2.05) is 0 Å². The van der Waals surface area contributed by atoms with Gasteiger partial charge in [-0.15, -0.1) is 0 Å². The molecule has 4 nitrogen and oxygen atoms in total. The maximum Gasteiger partial charge on any atom is 0.320 e. The average molecular weight is 187 g/mol. The van der Waals surface area contributed by atoms with Crippen LogP contribution >= 0.6 is 0 Å². The quantitative estimate of drug-likeness (QED) is 0.602. The zero-order chi connectivity index (χ0) is 10.5. The summed E-state index contributed by atoms with van der Waals surface area (Å²) in [5, 5.41) is 8.76. The van der Waals surface area contributed by atoms with Gasteiger partial charge in [0.05, 0.1) is 19.8 Å². The van der Waals surface area contributed by atoms with Crippen molar-refractivity contribution in [3.63, 3.8) is 0 Å². The Kier molecular flexibility index (Phi) is 4.95. The summed E-state index contributed by atoms with van der Waals surface area (Å²) in [5.74, 6) is -0.338. The summed E-state index contributed by atoms with van der Waals surface area (Å²) in [6.07, 6.45) is 0. The molecule has 0 saturated heterocycles. The molecule has 0 bridgehead atoms. The summed E-state index contributed by atoms with van der Waals surface area (Å²) in [4.78, 5) is 12.7. The van der Waals surface area contributed by atoms with Crippen LogP contribution in [0.5, 0.6) is 0 Å². The third kappa shape index (κ3) is 6.54.